The molecule has 0 fully saturated rings. The third-order valence-corrected chi connectivity index (χ3v) is 2.62. The van der Waals surface area contributed by atoms with E-state index in [-0.39, 0.29) is 11.5 Å². The average Bonchev–Trinajstić information content (AvgIpc) is 2.41. The molecule has 0 heterocycles. The molecule has 0 aliphatic rings. The topological polar surface area (TPSA) is 64.9 Å². The first-order valence-electron chi connectivity index (χ1n) is 5.84. The number of benzene rings is 2. The van der Waals surface area contributed by atoms with Gasteiger partial charge in [-0.1, -0.05) is 0 Å². The van der Waals surface area contributed by atoms with Gasteiger partial charge in [0.1, 0.15) is 11.5 Å². The summed E-state index contributed by atoms with van der Waals surface area (Å²) in [5.41, 5.74) is 2.53. The van der Waals surface area contributed by atoms with E-state index in [1.165, 1.54) is 30.5 Å². The van der Waals surface area contributed by atoms with Crippen LogP contribution in [-0.4, -0.2) is 16.4 Å². The van der Waals surface area contributed by atoms with E-state index in [2.05, 4.69) is 10.5 Å². The molecule has 0 bridgehead atoms. The second-order valence-electron chi connectivity index (χ2n) is 4.19. The van der Waals surface area contributed by atoms with E-state index in [4.69, 9.17) is 5.11 Å². The number of nitrogens with zero attached hydrogens (tertiary/aromatic N) is 1. The van der Waals surface area contributed by atoms with Gasteiger partial charge in [0.2, 0.25) is 0 Å². The fourth-order valence-corrected chi connectivity index (χ4v) is 1.55. The molecule has 0 radical (unpaired) electrons. The lowest BCUT2D eigenvalue weighted by molar-refractivity contribution is -0.137. The number of nitrogens with one attached hydrogen (secondary N) is 1. The maximum absolute atomic E-state index is 12.4. The van der Waals surface area contributed by atoms with E-state index in [0.717, 1.165) is 18.2 Å². The smallest absolute Gasteiger partial charge is 0.416 e. The summed E-state index contributed by atoms with van der Waals surface area (Å²) in [4.78, 5) is 0. The van der Waals surface area contributed by atoms with Gasteiger partial charge in [0, 0.05) is 11.6 Å². The Bertz CT molecular complexity index is 652. The molecule has 2 aromatic rings. The summed E-state index contributed by atoms with van der Waals surface area (Å²) in [7, 11) is 0. The Kier molecular flexibility index (Phi) is 4.02. The van der Waals surface area contributed by atoms with E-state index in [1.54, 1.807) is 0 Å². The number of hydrogen-bond acceptors (Lipinski definition) is 4. The van der Waals surface area contributed by atoms with Crippen LogP contribution in [0.1, 0.15) is 11.1 Å². The van der Waals surface area contributed by atoms with Crippen molar-refractivity contribution >= 4 is 11.9 Å². The summed E-state index contributed by atoms with van der Waals surface area (Å²) in [6.45, 7) is 0. The maximum atomic E-state index is 12.4. The number of halogens is 3. The first-order valence-corrected chi connectivity index (χ1v) is 5.84. The van der Waals surface area contributed by atoms with Gasteiger partial charge in [-0.2, -0.15) is 18.3 Å². The first kappa shape index (κ1) is 14.7. The monoisotopic (exact) mass is 296 g/mol. The number of hydrazone groups is 1. The SMILES string of the molecule is Oc1ccc(/C=N/Nc2ccc(C(F)(F)F)cc2)c(O)c1. The molecule has 2 aromatic carbocycles. The second kappa shape index (κ2) is 5.74. The second-order valence-corrected chi connectivity index (χ2v) is 4.19. The summed E-state index contributed by atoms with van der Waals surface area (Å²) in [6.07, 6.45) is -3.09. The molecule has 7 heteroatoms. The van der Waals surface area contributed by atoms with Crippen LogP contribution in [0.15, 0.2) is 47.6 Å². The minimum Gasteiger partial charge on any atom is -0.508 e. The van der Waals surface area contributed by atoms with Crippen molar-refractivity contribution in [3.05, 3.63) is 53.6 Å². The number of phenolic OH excluding ortho intramolecular Hbond substituents is 2. The van der Waals surface area contributed by atoms with Crippen LogP contribution in [0, 0.1) is 0 Å². The van der Waals surface area contributed by atoms with Crippen molar-refractivity contribution in [3.63, 3.8) is 0 Å². The zero-order valence-corrected chi connectivity index (χ0v) is 10.6. The minimum atomic E-state index is -4.38. The number of aromatic hydroxyl groups is 2. The van der Waals surface area contributed by atoms with Crippen LogP contribution in [-0.2, 0) is 6.18 Å². The molecule has 0 aromatic heterocycles. The van der Waals surface area contributed by atoms with Gasteiger partial charge in [0.05, 0.1) is 17.5 Å². The van der Waals surface area contributed by atoms with Gasteiger partial charge in [0.15, 0.2) is 0 Å². The number of anilines is 1. The molecule has 21 heavy (non-hydrogen) atoms. The zero-order valence-electron chi connectivity index (χ0n) is 10.6. The first-order chi connectivity index (χ1) is 9.86. The van der Waals surface area contributed by atoms with Gasteiger partial charge in [-0.25, -0.2) is 0 Å². The lowest BCUT2D eigenvalue weighted by Gasteiger charge is -2.07. The van der Waals surface area contributed by atoms with Gasteiger partial charge in [0.25, 0.3) is 0 Å². The Morgan fingerprint density at radius 2 is 1.67 bits per heavy atom. The number of alkyl halides is 3. The summed E-state index contributed by atoms with van der Waals surface area (Å²) in [5.74, 6) is -0.242. The van der Waals surface area contributed by atoms with Crippen molar-refractivity contribution in [1.82, 2.24) is 0 Å². The van der Waals surface area contributed by atoms with Gasteiger partial charge in [-0.05, 0) is 36.4 Å². The van der Waals surface area contributed by atoms with Crippen LogP contribution in [0.4, 0.5) is 18.9 Å². The van der Waals surface area contributed by atoms with E-state index >= 15 is 0 Å². The quantitative estimate of drug-likeness (QED) is 0.599. The molecule has 0 saturated heterocycles. The van der Waals surface area contributed by atoms with Gasteiger partial charge < -0.3 is 10.2 Å². The molecule has 0 atom stereocenters. The van der Waals surface area contributed by atoms with Crippen LogP contribution in [0.5, 0.6) is 11.5 Å². The van der Waals surface area contributed by atoms with Crippen molar-refractivity contribution in [3.8, 4) is 11.5 Å². The van der Waals surface area contributed by atoms with Crippen molar-refractivity contribution in [2.75, 3.05) is 5.43 Å². The lowest BCUT2D eigenvalue weighted by Crippen LogP contribution is -2.04. The number of phenols is 2. The van der Waals surface area contributed by atoms with Gasteiger partial charge >= 0.3 is 6.18 Å². The Morgan fingerprint density at radius 3 is 2.24 bits per heavy atom. The van der Waals surface area contributed by atoms with Crippen molar-refractivity contribution in [2.24, 2.45) is 5.10 Å². The highest BCUT2D eigenvalue weighted by Crippen LogP contribution is 2.29. The molecular weight excluding hydrogens is 285 g/mol. The van der Waals surface area contributed by atoms with Crippen molar-refractivity contribution in [1.29, 1.82) is 0 Å². The summed E-state index contributed by atoms with van der Waals surface area (Å²) >= 11 is 0. The molecule has 110 valence electrons. The highest BCUT2D eigenvalue weighted by Gasteiger charge is 2.29. The average molecular weight is 296 g/mol. The highest BCUT2D eigenvalue weighted by molar-refractivity contribution is 5.84. The predicted molar refractivity (Wildman–Crippen MR) is 72.4 cm³/mol. The largest absolute Gasteiger partial charge is 0.508 e. The van der Waals surface area contributed by atoms with E-state index in [1.807, 2.05) is 0 Å². The standard InChI is InChI=1S/C14H11F3N2O2/c15-14(16,17)10-2-4-11(5-3-10)19-18-8-9-1-6-12(20)7-13(9)21/h1-8,19-21H/b18-8+. The van der Waals surface area contributed by atoms with Crippen molar-refractivity contribution in [2.45, 2.75) is 6.18 Å². The summed E-state index contributed by atoms with van der Waals surface area (Å²) in [6, 6.07) is 8.35. The molecule has 2 rings (SSSR count). The molecule has 0 spiro atoms. The normalized spacial score (nSPS) is 11.8. The van der Waals surface area contributed by atoms with Gasteiger partial charge in [-0.15, -0.1) is 0 Å². The molecule has 0 amide bonds. The molecular formula is C14H11F3N2O2. The Morgan fingerprint density at radius 1 is 1.00 bits per heavy atom. The Balaban J connectivity index is 2.04. The van der Waals surface area contributed by atoms with Crippen LogP contribution in [0.25, 0.3) is 0 Å². The summed E-state index contributed by atoms with van der Waals surface area (Å²) < 4.78 is 37.1. The van der Waals surface area contributed by atoms with E-state index in [9.17, 15) is 18.3 Å². The molecule has 0 aliphatic carbocycles. The van der Waals surface area contributed by atoms with Gasteiger partial charge in [-0.3, -0.25) is 5.43 Å². The predicted octanol–water partition coefficient (Wildman–Crippen LogP) is 3.56. The highest BCUT2D eigenvalue weighted by atomic mass is 19.4. The summed E-state index contributed by atoms with van der Waals surface area (Å²) in [5, 5.41) is 22.4. The third kappa shape index (κ3) is 3.88. The molecule has 4 nitrogen and oxygen atoms in total. The van der Waals surface area contributed by atoms with Crippen LogP contribution >= 0.6 is 0 Å². The molecule has 0 aliphatic heterocycles. The molecule has 3 N–H and O–H groups in total. The zero-order chi connectivity index (χ0) is 15.5. The van der Waals surface area contributed by atoms with Crippen LogP contribution in [0.3, 0.4) is 0 Å². The fourth-order valence-electron chi connectivity index (χ4n) is 1.55. The van der Waals surface area contributed by atoms with Crippen molar-refractivity contribution < 1.29 is 23.4 Å². The van der Waals surface area contributed by atoms with Crippen LogP contribution < -0.4 is 5.43 Å². The van der Waals surface area contributed by atoms with E-state index < -0.39 is 11.7 Å². The molecule has 0 saturated carbocycles. The number of hydrogen-bond donors (Lipinski definition) is 3. The maximum Gasteiger partial charge on any atom is 0.416 e. The Hall–Kier alpha value is -2.70. The van der Waals surface area contributed by atoms with E-state index in [0.29, 0.717) is 11.3 Å². The lowest BCUT2D eigenvalue weighted by atomic mass is 10.2. The molecule has 0 unspecified atom stereocenters. The van der Waals surface area contributed by atoms with Crippen LogP contribution in [0.2, 0.25) is 0 Å². The fraction of sp³-hybridized carbons (Fsp3) is 0.0714. The minimum absolute atomic E-state index is 0.0830. The Labute approximate surface area is 118 Å². The number of rotatable bonds is 3. The third-order valence-electron chi connectivity index (χ3n) is 2.62.